The Morgan fingerprint density at radius 1 is 1.10 bits per heavy atom. The quantitative estimate of drug-likeness (QED) is 0.759. The Hall–Kier alpha value is -0.650. The van der Waals surface area contributed by atoms with Crippen molar-refractivity contribution in [2.45, 2.75) is 52.6 Å². The lowest BCUT2D eigenvalue weighted by atomic mass is 10.1. The molecule has 0 saturated carbocycles. The molecule has 122 valence electrons. The van der Waals surface area contributed by atoms with Gasteiger partial charge in [0.15, 0.2) is 5.13 Å². The lowest BCUT2D eigenvalue weighted by molar-refractivity contribution is 0.401. The predicted molar refractivity (Wildman–Crippen MR) is 94.6 cm³/mol. The monoisotopic (exact) mass is 312 g/mol. The van der Waals surface area contributed by atoms with E-state index in [0.717, 1.165) is 24.8 Å². The third-order valence-corrected chi connectivity index (χ3v) is 4.54. The van der Waals surface area contributed by atoms with E-state index in [-0.39, 0.29) is 0 Å². The van der Waals surface area contributed by atoms with E-state index >= 15 is 0 Å². The van der Waals surface area contributed by atoms with E-state index in [1.54, 1.807) is 0 Å². The summed E-state index contributed by atoms with van der Waals surface area (Å²) < 4.78 is 0. The Labute approximate surface area is 134 Å². The van der Waals surface area contributed by atoms with Crippen LogP contribution >= 0.6 is 11.3 Å². The summed E-state index contributed by atoms with van der Waals surface area (Å²) in [5, 5.41) is 4.66. The minimum Gasteiger partial charge on any atom is -0.351 e. The molecule has 0 amide bonds. The number of rotatable bonds is 9. The Balaban J connectivity index is 2.71. The molecule has 0 bridgehead atoms. The van der Waals surface area contributed by atoms with Crippen molar-refractivity contribution in [3.05, 3.63) is 10.6 Å². The van der Waals surface area contributed by atoms with Crippen LogP contribution in [-0.4, -0.2) is 50.2 Å². The second kappa shape index (κ2) is 8.71. The molecule has 1 aromatic rings. The first-order valence-electron chi connectivity index (χ1n) is 7.90. The molecule has 5 heteroatoms. The predicted octanol–water partition coefficient (Wildman–Crippen LogP) is 3.15. The van der Waals surface area contributed by atoms with Gasteiger partial charge in [0, 0.05) is 31.1 Å². The van der Waals surface area contributed by atoms with Crippen LogP contribution in [0, 0.1) is 0 Å². The zero-order valence-corrected chi connectivity index (χ0v) is 15.5. The molecular formula is C16H32N4S. The largest absolute Gasteiger partial charge is 0.351 e. The molecule has 0 aromatic carbocycles. The summed E-state index contributed by atoms with van der Waals surface area (Å²) in [6, 6.07) is 0.508. The first-order chi connectivity index (χ1) is 9.81. The molecule has 1 aromatic heterocycles. The summed E-state index contributed by atoms with van der Waals surface area (Å²) in [5.41, 5.74) is 1.25. The highest BCUT2D eigenvalue weighted by atomic mass is 32.1. The molecule has 0 atom stereocenters. The third kappa shape index (κ3) is 6.32. The molecule has 21 heavy (non-hydrogen) atoms. The van der Waals surface area contributed by atoms with E-state index in [9.17, 15) is 0 Å². The lowest BCUT2D eigenvalue weighted by Gasteiger charge is -2.17. The van der Waals surface area contributed by atoms with E-state index < -0.39 is 0 Å². The highest BCUT2D eigenvalue weighted by molar-refractivity contribution is 7.15. The molecule has 1 N–H and O–H groups in total. The average Bonchev–Trinajstić information content (AvgIpc) is 2.80. The Kier molecular flexibility index (Phi) is 7.63. The fourth-order valence-electron chi connectivity index (χ4n) is 2.11. The topological polar surface area (TPSA) is 31.4 Å². The number of hydrogen-bond donors (Lipinski definition) is 1. The van der Waals surface area contributed by atoms with E-state index in [1.165, 1.54) is 17.0 Å². The van der Waals surface area contributed by atoms with E-state index in [4.69, 9.17) is 4.98 Å². The smallest absolute Gasteiger partial charge is 0.185 e. The van der Waals surface area contributed by atoms with Crippen molar-refractivity contribution >= 4 is 16.5 Å². The van der Waals surface area contributed by atoms with Gasteiger partial charge in [-0.2, -0.15) is 0 Å². The zero-order chi connectivity index (χ0) is 16.0. The second-order valence-electron chi connectivity index (χ2n) is 6.57. The number of aromatic nitrogens is 1. The van der Waals surface area contributed by atoms with Crippen LogP contribution in [0.1, 0.15) is 50.6 Å². The van der Waals surface area contributed by atoms with Crippen molar-refractivity contribution in [3.8, 4) is 0 Å². The van der Waals surface area contributed by atoms with Crippen molar-refractivity contribution in [1.82, 2.24) is 15.2 Å². The van der Waals surface area contributed by atoms with Crippen LogP contribution in [0.25, 0.3) is 0 Å². The van der Waals surface area contributed by atoms with Crippen LogP contribution in [0.4, 0.5) is 5.13 Å². The molecule has 1 heterocycles. The van der Waals surface area contributed by atoms with Crippen LogP contribution in [0.2, 0.25) is 0 Å². The molecule has 0 aliphatic heterocycles. The fourth-order valence-corrected chi connectivity index (χ4v) is 3.26. The molecule has 0 unspecified atom stereocenters. The van der Waals surface area contributed by atoms with E-state index in [0.29, 0.717) is 12.0 Å². The van der Waals surface area contributed by atoms with Crippen molar-refractivity contribution < 1.29 is 0 Å². The van der Waals surface area contributed by atoms with Crippen LogP contribution in [0.5, 0.6) is 0 Å². The van der Waals surface area contributed by atoms with Gasteiger partial charge in [-0.15, -0.1) is 11.3 Å². The molecule has 0 spiro atoms. The van der Waals surface area contributed by atoms with Crippen molar-refractivity contribution in [2.24, 2.45) is 0 Å². The molecule has 0 aliphatic rings. The third-order valence-electron chi connectivity index (χ3n) is 3.36. The van der Waals surface area contributed by atoms with Crippen molar-refractivity contribution in [2.75, 3.05) is 39.1 Å². The standard InChI is InChI=1S/C16H32N4S/c1-12(2)15-14(11-17-13(3)4)21-16(18-15)20(7)10-8-9-19(5)6/h12-13,17H,8-11H2,1-7H3. The molecule has 1 rings (SSSR count). The van der Waals surface area contributed by atoms with Crippen LogP contribution in [0.15, 0.2) is 0 Å². The summed E-state index contributed by atoms with van der Waals surface area (Å²) >= 11 is 1.84. The van der Waals surface area contributed by atoms with Gasteiger partial charge in [-0.05, 0) is 33.0 Å². The first-order valence-corrected chi connectivity index (χ1v) is 8.71. The molecule has 0 saturated heterocycles. The minimum atomic E-state index is 0.481. The van der Waals surface area contributed by atoms with Gasteiger partial charge in [-0.3, -0.25) is 0 Å². The average molecular weight is 313 g/mol. The Morgan fingerprint density at radius 2 is 1.76 bits per heavy atom. The summed E-state index contributed by atoms with van der Waals surface area (Å²) in [5.74, 6) is 0.481. The van der Waals surface area contributed by atoms with E-state index in [2.05, 4.69) is 64.0 Å². The van der Waals surface area contributed by atoms with E-state index in [1.807, 2.05) is 11.3 Å². The van der Waals surface area contributed by atoms with Gasteiger partial charge < -0.3 is 15.1 Å². The Bertz CT molecular complexity index is 412. The first kappa shape index (κ1) is 18.4. The van der Waals surface area contributed by atoms with Crippen molar-refractivity contribution in [3.63, 3.8) is 0 Å². The Morgan fingerprint density at radius 3 is 2.29 bits per heavy atom. The summed E-state index contributed by atoms with van der Waals surface area (Å²) in [6.45, 7) is 11.9. The summed E-state index contributed by atoms with van der Waals surface area (Å²) in [4.78, 5) is 10.8. The van der Waals surface area contributed by atoms with Gasteiger partial charge in [0.05, 0.1) is 5.69 Å². The molecule has 0 aliphatic carbocycles. The maximum Gasteiger partial charge on any atom is 0.185 e. The van der Waals surface area contributed by atoms with Gasteiger partial charge >= 0.3 is 0 Å². The fraction of sp³-hybridized carbons (Fsp3) is 0.812. The highest BCUT2D eigenvalue weighted by Gasteiger charge is 2.16. The normalized spacial score (nSPS) is 11.9. The van der Waals surface area contributed by atoms with Crippen molar-refractivity contribution in [1.29, 1.82) is 0 Å². The molecule has 0 radical (unpaired) electrons. The van der Waals surface area contributed by atoms with Gasteiger partial charge in [0.2, 0.25) is 0 Å². The van der Waals surface area contributed by atoms with Crippen LogP contribution < -0.4 is 10.2 Å². The maximum atomic E-state index is 4.88. The number of nitrogens with one attached hydrogen (secondary N) is 1. The number of nitrogens with zero attached hydrogens (tertiary/aromatic N) is 3. The van der Waals surface area contributed by atoms with Gasteiger partial charge in [0.25, 0.3) is 0 Å². The molecular weight excluding hydrogens is 280 g/mol. The minimum absolute atomic E-state index is 0.481. The van der Waals surface area contributed by atoms with Gasteiger partial charge in [-0.25, -0.2) is 4.98 Å². The summed E-state index contributed by atoms with van der Waals surface area (Å²) in [7, 11) is 6.39. The van der Waals surface area contributed by atoms with Crippen LogP contribution in [0.3, 0.4) is 0 Å². The van der Waals surface area contributed by atoms with Crippen LogP contribution in [-0.2, 0) is 6.54 Å². The van der Waals surface area contributed by atoms with Gasteiger partial charge in [0.1, 0.15) is 0 Å². The SMILES string of the molecule is CC(C)NCc1sc(N(C)CCCN(C)C)nc1C(C)C. The number of thiazole rings is 1. The zero-order valence-electron chi connectivity index (χ0n) is 14.7. The maximum absolute atomic E-state index is 4.88. The highest BCUT2D eigenvalue weighted by Crippen LogP contribution is 2.30. The number of anilines is 1. The second-order valence-corrected chi connectivity index (χ2v) is 7.64. The lowest BCUT2D eigenvalue weighted by Crippen LogP contribution is -2.23. The van der Waals surface area contributed by atoms with Gasteiger partial charge in [-0.1, -0.05) is 27.7 Å². The number of hydrogen-bond acceptors (Lipinski definition) is 5. The summed E-state index contributed by atoms with van der Waals surface area (Å²) in [6.07, 6.45) is 1.17. The molecule has 0 fully saturated rings. The molecule has 4 nitrogen and oxygen atoms in total.